The zero-order chi connectivity index (χ0) is 13.0. The largest absolute Gasteiger partial charge is 0.478 e. The molecule has 0 aliphatic rings. The number of nitroso groups, excluding NO2 is 1. The lowest BCUT2D eigenvalue weighted by Gasteiger charge is -2.06. The van der Waals surface area contributed by atoms with Crippen LogP contribution >= 0.6 is 0 Å². The first-order valence-electron chi connectivity index (χ1n) is 4.63. The van der Waals surface area contributed by atoms with E-state index in [0.29, 0.717) is 5.57 Å². The number of aromatic carboxylic acids is 1. The molecule has 0 atom stereocenters. The molecule has 1 amide bonds. The van der Waals surface area contributed by atoms with Gasteiger partial charge in [-0.2, -0.15) is 0 Å². The predicted octanol–water partition coefficient (Wildman–Crippen LogP) is 2.30. The van der Waals surface area contributed by atoms with Crippen molar-refractivity contribution in [3.63, 3.8) is 0 Å². The monoisotopic (exact) mass is 234 g/mol. The highest BCUT2D eigenvalue weighted by Gasteiger charge is 2.12. The average molecular weight is 234 g/mol. The summed E-state index contributed by atoms with van der Waals surface area (Å²) in [7, 11) is 0. The fourth-order valence-electron chi connectivity index (χ4n) is 1.10. The quantitative estimate of drug-likeness (QED) is 0.617. The van der Waals surface area contributed by atoms with Crippen LogP contribution in [0.5, 0.6) is 0 Å². The molecule has 0 bridgehead atoms. The van der Waals surface area contributed by atoms with Gasteiger partial charge in [-0.05, 0) is 30.3 Å². The van der Waals surface area contributed by atoms with Crippen LogP contribution < -0.4 is 5.32 Å². The summed E-state index contributed by atoms with van der Waals surface area (Å²) in [4.78, 5) is 32.5. The Kier molecular flexibility index (Phi) is 3.71. The molecule has 0 heterocycles. The molecule has 0 spiro atoms. The number of hydrogen-bond donors (Lipinski definition) is 2. The molecule has 0 saturated heterocycles. The third kappa shape index (κ3) is 2.97. The Morgan fingerprint density at radius 3 is 2.53 bits per heavy atom. The van der Waals surface area contributed by atoms with Crippen LogP contribution in [0.15, 0.2) is 35.5 Å². The van der Waals surface area contributed by atoms with E-state index in [-0.39, 0.29) is 16.9 Å². The normalized spacial score (nSPS) is 9.47. The number of carboxylic acid groups (broad SMARTS) is 1. The third-order valence-electron chi connectivity index (χ3n) is 1.97. The van der Waals surface area contributed by atoms with Crippen LogP contribution in [-0.2, 0) is 4.79 Å². The molecule has 0 aliphatic carbocycles. The van der Waals surface area contributed by atoms with Gasteiger partial charge in [-0.1, -0.05) is 6.58 Å². The van der Waals surface area contributed by atoms with E-state index >= 15 is 0 Å². The highest BCUT2D eigenvalue weighted by molar-refractivity contribution is 6.04. The van der Waals surface area contributed by atoms with Gasteiger partial charge in [0.25, 0.3) is 5.91 Å². The Bertz CT molecular complexity index is 508. The molecular formula is C11H10N2O4. The van der Waals surface area contributed by atoms with E-state index in [2.05, 4.69) is 17.1 Å². The van der Waals surface area contributed by atoms with Crippen LogP contribution in [0.1, 0.15) is 17.3 Å². The van der Waals surface area contributed by atoms with Gasteiger partial charge in [0.2, 0.25) is 0 Å². The standard InChI is InChI=1S/C11H10N2O4/c1-6(2)10(14)12-7-3-4-9(13-17)8(5-7)11(15)16/h3-5H,1H2,2H3,(H,12,14)(H,15,16). The molecule has 1 rings (SSSR count). The summed E-state index contributed by atoms with van der Waals surface area (Å²) in [6.07, 6.45) is 0. The van der Waals surface area contributed by atoms with Crippen molar-refractivity contribution in [1.82, 2.24) is 0 Å². The van der Waals surface area contributed by atoms with Crippen molar-refractivity contribution < 1.29 is 14.7 Å². The minimum Gasteiger partial charge on any atom is -0.478 e. The van der Waals surface area contributed by atoms with E-state index in [1.165, 1.54) is 25.1 Å². The molecule has 1 aromatic rings. The number of carboxylic acids is 1. The van der Waals surface area contributed by atoms with Crippen LogP contribution in [-0.4, -0.2) is 17.0 Å². The van der Waals surface area contributed by atoms with E-state index in [9.17, 15) is 14.5 Å². The number of nitrogens with one attached hydrogen (secondary N) is 1. The lowest BCUT2D eigenvalue weighted by molar-refractivity contribution is -0.112. The Labute approximate surface area is 96.9 Å². The Hall–Kier alpha value is -2.50. The first kappa shape index (κ1) is 12.6. The molecule has 2 N–H and O–H groups in total. The van der Waals surface area contributed by atoms with E-state index in [1.807, 2.05) is 0 Å². The van der Waals surface area contributed by atoms with Gasteiger partial charge < -0.3 is 10.4 Å². The van der Waals surface area contributed by atoms with Crippen molar-refractivity contribution in [3.8, 4) is 0 Å². The minimum absolute atomic E-state index is 0.189. The molecule has 0 aliphatic heterocycles. The number of amides is 1. The summed E-state index contributed by atoms with van der Waals surface area (Å²) >= 11 is 0. The van der Waals surface area contributed by atoms with Crippen LogP contribution in [0, 0.1) is 4.91 Å². The van der Waals surface area contributed by atoms with Crippen LogP contribution in [0.25, 0.3) is 0 Å². The van der Waals surface area contributed by atoms with Gasteiger partial charge in [0.05, 0.1) is 5.56 Å². The van der Waals surface area contributed by atoms with Crippen molar-refractivity contribution in [2.45, 2.75) is 6.92 Å². The van der Waals surface area contributed by atoms with Gasteiger partial charge in [0.15, 0.2) is 0 Å². The van der Waals surface area contributed by atoms with Gasteiger partial charge in [-0.25, -0.2) is 4.79 Å². The average Bonchev–Trinajstić information content (AvgIpc) is 2.28. The maximum absolute atomic E-state index is 11.3. The second-order valence-electron chi connectivity index (χ2n) is 3.36. The van der Waals surface area contributed by atoms with Crippen molar-refractivity contribution >= 4 is 23.3 Å². The zero-order valence-electron chi connectivity index (χ0n) is 9.06. The number of rotatable bonds is 4. The van der Waals surface area contributed by atoms with Crippen molar-refractivity contribution in [2.75, 3.05) is 5.32 Å². The zero-order valence-corrected chi connectivity index (χ0v) is 9.06. The summed E-state index contributed by atoms with van der Waals surface area (Å²) in [5.41, 5.74) is 0.104. The van der Waals surface area contributed by atoms with E-state index < -0.39 is 11.9 Å². The fourth-order valence-corrected chi connectivity index (χ4v) is 1.10. The molecule has 0 unspecified atom stereocenters. The number of nitrogens with zero attached hydrogens (tertiary/aromatic N) is 1. The summed E-state index contributed by atoms with van der Waals surface area (Å²) in [6, 6.07) is 3.79. The Morgan fingerprint density at radius 1 is 1.41 bits per heavy atom. The van der Waals surface area contributed by atoms with Gasteiger partial charge >= 0.3 is 5.97 Å². The predicted molar refractivity (Wildman–Crippen MR) is 62.3 cm³/mol. The van der Waals surface area contributed by atoms with Crippen molar-refractivity contribution in [2.24, 2.45) is 5.18 Å². The molecule has 0 radical (unpaired) electrons. The fraction of sp³-hybridized carbons (Fsp3) is 0.0909. The molecule has 17 heavy (non-hydrogen) atoms. The number of anilines is 1. The number of carbonyl (C=O) groups excluding carboxylic acids is 1. The SMILES string of the molecule is C=C(C)C(=O)Nc1ccc(N=O)c(C(=O)O)c1. The van der Waals surface area contributed by atoms with E-state index in [0.717, 1.165) is 0 Å². The number of hydrogen-bond acceptors (Lipinski definition) is 4. The molecule has 6 nitrogen and oxygen atoms in total. The van der Waals surface area contributed by atoms with Gasteiger partial charge in [0, 0.05) is 11.3 Å². The Balaban J connectivity index is 3.08. The summed E-state index contributed by atoms with van der Waals surface area (Å²) in [5.74, 6) is -1.71. The van der Waals surface area contributed by atoms with Crippen LogP contribution in [0.3, 0.4) is 0 Å². The second-order valence-corrected chi connectivity index (χ2v) is 3.36. The molecule has 6 heteroatoms. The van der Waals surface area contributed by atoms with Crippen LogP contribution in [0.2, 0.25) is 0 Å². The lowest BCUT2D eigenvalue weighted by Crippen LogP contribution is -2.12. The molecule has 88 valence electrons. The number of carbonyl (C=O) groups is 2. The van der Waals surface area contributed by atoms with Crippen molar-refractivity contribution in [1.29, 1.82) is 0 Å². The number of benzene rings is 1. The summed E-state index contributed by atoms with van der Waals surface area (Å²) < 4.78 is 0. The van der Waals surface area contributed by atoms with Gasteiger partial charge in [-0.15, -0.1) is 4.91 Å². The molecule has 0 aromatic heterocycles. The smallest absolute Gasteiger partial charge is 0.338 e. The third-order valence-corrected chi connectivity index (χ3v) is 1.97. The van der Waals surface area contributed by atoms with E-state index in [1.54, 1.807) is 0 Å². The van der Waals surface area contributed by atoms with E-state index in [4.69, 9.17) is 5.11 Å². The Morgan fingerprint density at radius 2 is 2.06 bits per heavy atom. The molecule has 0 saturated carbocycles. The van der Waals surface area contributed by atoms with Crippen LogP contribution in [0.4, 0.5) is 11.4 Å². The summed E-state index contributed by atoms with van der Waals surface area (Å²) in [5, 5.41) is 13.9. The highest BCUT2D eigenvalue weighted by Crippen LogP contribution is 2.23. The van der Waals surface area contributed by atoms with Crippen molar-refractivity contribution in [3.05, 3.63) is 40.8 Å². The molecular weight excluding hydrogens is 224 g/mol. The topological polar surface area (TPSA) is 95.8 Å². The maximum Gasteiger partial charge on any atom is 0.338 e. The second kappa shape index (κ2) is 5.02. The lowest BCUT2D eigenvalue weighted by atomic mass is 10.1. The van der Waals surface area contributed by atoms with Gasteiger partial charge in [0.1, 0.15) is 5.69 Å². The highest BCUT2D eigenvalue weighted by atomic mass is 16.4. The first-order valence-corrected chi connectivity index (χ1v) is 4.63. The minimum atomic E-state index is -1.29. The summed E-state index contributed by atoms with van der Waals surface area (Å²) in [6.45, 7) is 4.97. The maximum atomic E-state index is 11.3. The van der Waals surface area contributed by atoms with Gasteiger partial charge in [-0.3, -0.25) is 4.79 Å². The molecule has 0 fully saturated rings. The first-order chi connectivity index (χ1) is 7.95. The molecule has 1 aromatic carbocycles.